The fraction of sp³-hybridized carbons (Fsp3) is 0.533. The molecule has 0 atom stereocenters. The van der Waals surface area contributed by atoms with Crippen molar-refractivity contribution in [2.45, 2.75) is 45.4 Å². The number of hydrogen-bond donors (Lipinski definition) is 2. The van der Waals surface area contributed by atoms with Crippen molar-refractivity contribution in [3.8, 4) is 0 Å². The predicted octanol–water partition coefficient (Wildman–Crippen LogP) is 3.69. The van der Waals surface area contributed by atoms with Crippen molar-refractivity contribution < 1.29 is 9.90 Å². The lowest BCUT2D eigenvalue weighted by atomic mass is 10.1. The van der Waals surface area contributed by atoms with Gasteiger partial charge in [-0.2, -0.15) is 0 Å². The maximum absolute atomic E-state index is 10.2. The Labute approximate surface area is 110 Å². The minimum absolute atomic E-state index is 0.331. The molecule has 3 N–H and O–H groups in total. The lowest BCUT2D eigenvalue weighted by Gasteiger charge is -1.96. The highest BCUT2D eigenvalue weighted by molar-refractivity contribution is 5.87. The van der Waals surface area contributed by atoms with E-state index in [9.17, 15) is 4.79 Å². The van der Waals surface area contributed by atoms with E-state index in [2.05, 4.69) is 6.92 Å². The van der Waals surface area contributed by atoms with E-state index in [0.29, 0.717) is 5.56 Å². The van der Waals surface area contributed by atoms with Crippen molar-refractivity contribution in [2.75, 3.05) is 6.54 Å². The van der Waals surface area contributed by atoms with E-state index >= 15 is 0 Å². The van der Waals surface area contributed by atoms with Crippen LogP contribution in [0, 0.1) is 0 Å². The van der Waals surface area contributed by atoms with Gasteiger partial charge in [-0.15, -0.1) is 0 Å². The SMILES string of the molecule is CCCCCCCCN.O=C(O)c1ccccc1. The molecule has 3 heteroatoms. The fourth-order valence-corrected chi connectivity index (χ4v) is 1.51. The van der Waals surface area contributed by atoms with E-state index in [-0.39, 0.29) is 0 Å². The van der Waals surface area contributed by atoms with Gasteiger partial charge in [0, 0.05) is 0 Å². The normalized spacial score (nSPS) is 9.44. The van der Waals surface area contributed by atoms with Crippen LogP contribution in [-0.4, -0.2) is 17.6 Å². The molecule has 0 saturated heterocycles. The van der Waals surface area contributed by atoms with Gasteiger partial charge >= 0.3 is 5.97 Å². The summed E-state index contributed by atoms with van der Waals surface area (Å²) in [4.78, 5) is 10.2. The molecule has 0 heterocycles. The van der Waals surface area contributed by atoms with Gasteiger partial charge < -0.3 is 10.8 Å². The van der Waals surface area contributed by atoms with Crippen molar-refractivity contribution in [3.63, 3.8) is 0 Å². The maximum Gasteiger partial charge on any atom is 0.335 e. The molecule has 1 aromatic rings. The van der Waals surface area contributed by atoms with E-state index in [1.54, 1.807) is 30.3 Å². The first kappa shape index (κ1) is 16.6. The van der Waals surface area contributed by atoms with Gasteiger partial charge in [-0.05, 0) is 25.1 Å². The van der Waals surface area contributed by atoms with E-state index in [1.807, 2.05) is 0 Å². The smallest absolute Gasteiger partial charge is 0.335 e. The summed E-state index contributed by atoms with van der Waals surface area (Å²) in [5.41, 5.74) is 5.67. The summed E-state index contributed by atoms with van der Waals surface area (Å²) in [7, 11) is 0. The molecule has 0 spiro atoms. The number of rotatable bonds is 7. The van der Waals surface area contributed by atoms with Gasteiger partial charge in [-0.3, -0.25) is 0 Å². The van der Waals surface area contributed by atoms with E-state index in [4.69, 9.17) is 10.8 Å². The van der Waals surface area contributed by atoms with Gasteiger partial charge in [0.05, 0.1) is 5.56 Å². The van der Waals surface area contributed by atoms with Crippen molar-refractivity contribution in [1.82, 2.24) is 0 Å². The first-order valence-corrected chi connectivity index (χ1v) is 6.70. The molecule has 0 fully saturated rings. The van der Waals surface area contributed by atoms with Crippen LogP contribution in [0.3, 0.4) is 0 Å². The van der Waals surface area contributed by atoms with Crippen molar-refractivity contribution in [1.29, 1.82) is 0 Å². The molecule has 1 aromatic carbocycles. The molecular formula is C15H25NO2. The highest BCUT2D eigenvalue weighted by Crippen LogP contribution is 2.03. The molecular weight excluding hydrogens is 226 g/mol. The zero-order valence-corrected chi connectivity index (χ0v) is 11.3. The molecule has 0 unspecified atom stereocenters. The summed E-state index contributed by atoms with van der Waals surface area (Å²) in [6.45, 7) is 3.11. The molecule has 0 amide bonds. The molecule has 0 aliphatic heterocycles. The number of aromatic carboxylic acids is 1. The summed E-state index contributed by atoms with van der Waals surface area (Å²) in [6.07, 6.45) is 8.05. The van der Waals surface area contributed by atoms with Gasteiger partial charge in [0.1, 0.15) is 0 Å². The van der Waals surface area contributed by atoms with Gasteiger partial charge in [0.25, 0.3) is 0 Å². The number of benzene rings is 1. The van der Waals surface area contributed by atoms with Crippen LogP contribution in [-0.2, 0) is 0 Å². The van der Waals surface area contributed by atoms with Crippen LogP contribution in [0.5, 0.6) is 0 Å². The lowest BCUT2D eigenvalue weighted by Crippen LogP contribution is -1.97. The zero-order valence-electron chi connectivity index (χ0n) is 11.3. The Morgan fingerprint density at radius 2 is 1.61 bits per heavy atom. The van der Waals surface area contributed by atoms with Crippen LogP contribution in [0.1, 0.15) is 55.8 Å². The molecule has 1 rings (SSSR count). The predicted molar refractivity (Wildman–Crippen MR) is 75.8 cm³/mol. The zero-order chi connectivity index (χ0) is 13.6. The molecule has 18 heavy (non-hydrogen) atoms. The molecule has 3 nitrogen and oxygen atoms in total. The van der Waals surface area contributed by atoms with Crippen molar-refractivity contribution in [2.24, 2.45) is 5.73 Å². The molecule has 0 bridgehead atoms. The standard InChI is InChI=1S/C8H19N.C7H6O2/c1-2-3-4-5-6-7-8-9;8-7(9)6-4-2-1-3-5-6/h2-9H2,1H3;1-5H,(H,8,9). The number of carboxylic acid groups (broad SMARTS) is 1. The van der Waals surface area contributed by atoms with Crippen LogP contribution in [0.25, 0.3) is 0 Å². The third kappa shape index (κ3) is 9.85. The highest BCUT2D eigenvalue weighted by atomic mass is 16.4. The summed E-state index contributed by atoms with van der Waals surface area (Å²) in [5.74, 6) is -0.879. The van der Waals surface area contributed by atoms with Gasteiger partial charge in [-0.1, -0.05) is 57.2 Å². The second kappa shape index (κ2) is 12.1. The third-order valence-corrected chi connectivity index (χ3v) is 2.58. The molecule has 102 valence electrons. The van der Waals surface area contributed by atoms with Crippen molar-refractivity contribution >= 4 is 5.97 Å². The summed E-state index contributed by atoms with van der Waals surface area (Å²) in [5, 5.41) is 8.38. The molecule has 0 aromatic heterocycles. The van der Waals surface area contributed by atoms with E-state index < -0.39 is 5.97 Å². The molecule has 0 aliphatic carbocycles. The topological polar surface area (TPSA) is 63.3 Å². The Balaban J connectivity index is 0.000000321. The highest BCUT2D eigenvalue weighted by Gasteiger charge is 1.96. The summed E-state index contributed by atoms with van der Waals surface area (Å²) in [6, 6.07) is 8.30. The van der Waals surface area contributed by atoms with Gasteiger partial charge in [0.15, 0.2) is 0 Å². The van der Waals surface area contributed by atoms with E-state index in [0.717, 1.165) is 6.54 Å². The third-order valence-electron chi connectivity index (χ3n) is 2.58. The van der Waals surface area contributed by atoms with Crippen LogP contribution < -0.4 is 5.73 Å². The Bertz CT molecular complexity index is 293. The number of nitrogens with two attached hydrogens (primary N) is 1. The number of unbranched alkanes of at least 4 members (excludes halogenated alkanes) is 5. The molecule has 0 radical (unpaired) electrons. The van der Waals surface area contributed by atoms with Crippen LogP contribution >= 0.6 is 0 Å². The van der Waals surface area contributed by atoms with Gasteiger partial charge in [0.2, 0.25) is 0 Å². The van der Waals surface area contributed by atoms with Gasteiger partial charge in [-0.25, -0.2) is 4.79 Å². The average molecular weight is 251 g/mol. The quantitative estimate of drug-likeness (QED) is 0.726. The van der Waals surface area contributed by atoms with Crippen LogP contribution in [0.15, 0.2) is 30.3 Å². The molecule has 0 aliphatic rings. The van der Waals surface area contributed by atoms with Crippen LogP contribution in [0.2, 0.25) is 0 Å². The minimum Gasteiger partial charge on any atom is -0.478 e. The number of hydrogen-bond acceptors (Lipinski definition) is 2. The largest absolute Gasteiger partial charge is 0.478 e. The number of carbonyl (C=O) groups is 1. The first-order chi connectivity index (χ1) is 8.72. The second-order valence-corrected chi connectivity index (χ2v) is 4.23. The monoisotopic (exact) mass is 251 g/mol. The lowest BCUT2D eigenvalue weighted by molar-refractivity contribution is 0.0697. The van der Waals surface area contributed by atoms with Crippen LogP contribution in [0.4, 0.5) is 0 Å². The average Bonchev–Trinajstić information content (AvgIpc) is 2.40. The Morgan fingerprint density at radius 1 is 1.06 bits per heavy atom. The summed E-state index contributed by atoms with van der Waals surface area (Å²) < 4.78 is 0. The Hall–Kier alpha value is -1.35. The Morgan fingerprint density at radius 3 is 2.06 bits per heavy atom. The Kier molecular flexibility index (Phi) is 11.2. The molecule has 0 saturated carbocycles. The van der Waals surface area contributed by atoms with E-state index in [1.165, 1.54) is 38.5 Å². The van der Waals surface area contributed by atoms with Crippen molar-refractivity contribution in [3.05, 3.63) is 35.9 Å². The fourth-order valence-electron chi connectivity index (χ4n) is 1.51. The maximum atomic E-state index is 10.2. The minimum atomic E-state index is -0.879. The first-order valence-electron chi connectivity index (χ1n) is 6.70. The summed E-state index contributed by atoms with van der Waals surface area (Å²) >= 11 is 0. The number of carboxylic acids is 1. The second-order valence-electron chi connectivity index (χ2n) is 4.23.